The third kappa shape index (κ3) is 7.82. The van der Waals surface area contributed by atoms with Crippen LogP contribution in [-0.4, -0.2) is 30.1 Å². The number of carbonyl (C=O) groups excluding carboxylic acids is 2. The maximum absolute atomic E-state index is 11.8. The highest BCUT2D eigenvalue weighted by atomic mass is 16.3. The van der Waals surface area contributed by atoms with Crippen LogP contribution in [-0.2, 0) is 9.59 Å². The van der Waals surface area contributed by atoms with Gasteiger partial charge in [-0.2, -0.15) is 0 Å². The van der Waals surface area contributed by atoms with Crippen molar-refractivity contribution in [2.75, 3.05) is 7.05 Å². The van der Waals surface area contributed by atoms with Gasteiger partial charge in [-0.15, -0.1) is 0 Å². The summed E-state index contributed by atoms with van der Waals surface area (Å²) in [6.07, 6.45) is 2.67. The molecule has 1 radical (unpaired) electrons. The Hall–Kier alpha value is -1.10. The molecule has 19 heavy (non-hydrogen) atoms. The van der Waals surface area contributed by atoms with Gasteiger partial charge in [0.2, 0.25) is 11.8 Å². The Kier molecular flexibility index (Phi) is 8.39. The van der Waals surface area contributed by atoms with Gasteiger partial charge < -0.3 is 16.2 Å². The molecule has 0 aromatic carbocycles. The van der Waals surface area contributed by atoms with E-state index in [0.717, 1.165) is 6.42 Å². The number of nitrogens with one attached hydrogen (secondary N) is 1. The zero-order valence-corrected chi connectivity index (χ0v) is 12.3. The zero-order chi connectivity index (χ0) is 15.0. The molecule has 5 nitrogen and oxygen atoms in total. The van der Waals surface area contributed by atoms with E-state index in [2.05, 4.69) is 19.2 Å². The van der Waals surface area contributed by atoms with Crippen LogP contribution in [0.4, 0.5) is 0 Å². The SMILES string of the molecule is CNC(=O)[C@H](CC(C)C(N)=O)C[C@@H](O)[CH]CC(C)C. The van der Waals surface area contributed by atoms with Crippen molar-refractivity contribution in [2.45, 2.75) is 46.1 Å². The number of primary amides is 1. The van der Waals surface area contributed by atoms with Crippen molar-refractivity contribution in [1.29, 1.82) is 0 Å². The monoisotopic (exact) mass is 271 g/mol. The number of rotatable bonds is 9. The Balaban J connectivity index is 4.42. The summed E-state index contributed by atoms with van der Waals surface area (Å²) in [5.41, 5.74) is 5.21. The second kappa shape index (κ2) is 8.91. The molecule has 0 aromatic heterocycles. The molecule has 0 aromatic rings. The quantitative estimate of drug-likeness (QED) is 0.581. The largest absolute Gasteiger partial charge is 0.393 e. The highest BCUT2D eigenvalue weighted by molar-refractivity contribution is 5.80. The van der Waals surface area contributed by atoms with Gasteiger partial charge in [0.15, 0.2) is 0 Å². The van der Waals surface area contributed by atoms with Gasteiger partial charge in [0.05, 0.1) is 6.10 Å². The number of carbonyl (C=O) groups is 2. The minimum Gasteiger partial charge on any atom is -0.393 e. The molecule has 1 unspecified atom stereocenters. The summed E-state index contributed by atoms with van der Waals surface area (Å²) < 4.78 is 0. The van der Waals surface area contributed by atoms with Crippen molar-refractivity contribution in [1.82, 2.24) is 5.32 Å². The van der Waals surface area contributed by atoms with Gasteiger partial charge in [0.25, 0.3) is 0 Å². The third-order valence-corrected chi connectivity index (χ3v) is 3.15. The topological polar surface area (TPSA) is 92.4 Å². The normalized spacial score (nSPS) is 15.9. The van der Waals surface area contributed by atoms with Gasteiger partial charge in [-0.3, -0.25) is 9.59 Å². The van der Waals surface area contributed by atoms with Gasteiger partial charge >= 0.3 is 0 Å². The van der Waals surface area contributed by atoms with Crippen LogP contribution in [0.3, 0.4) is 0 Å². The molecule has 0 saturated heterocycles. The number of hydrogen-bond donors (Lipinski definition) is 3. The molecule has 0 spiro atoms. The molecule has 0 aliphatic carbocycles. The lowest BCUT2D eigenvalue weighted by Crippen LogP contribution is -2.34. The summed E-state index contributed by atoms with van der Waals surface area (Å²) in [5, 5.41) is 12.5. The molecule has 0 fully saturated rings. The molecular weight excluding hydrogens is 244 g/mol. The molecule has 0 saturated carbocycles. The molecule has 0 rings (SSSR count). The van der Waals surface area contributed by atoms with Gasteiger partial charge in [0.1, 0.15) is 0 Å². The van der Waals surface area contributed by atoms with E-state index >= 15 is 0 Å². The van der Waals surface area contributed by atoms with Crippen LogP contribution in [0.1, 0.15) is 40.0 Å². The lowest BCUT2D eigenvalue weighted by molar-refractivity contribution is -0.127. The number of amides is 2. The first-order valence-electron chi connectivity index (χ1n) is 6.80. The molecular formula is C14H27N2O3. The van der Waals surface area contributed by atoms with Crippen LogP contribution >= 0.6 is 0 Å². The molecule has 4 N–H and O–H groups in total. The van der Waals surface area contributed by atoms with Crippen LogP contribution in [0, 0.1) is 24.2 Å². The maximum Gasteiger partial charge on any atom is 0.222 e. The number of nitrogens with two attached hydrogens (primary N) is 1. The van der Waals surface area contributed by atoms with Gasteiger partial charge in [-0.25, -0.2) is 0 Å². The van der Waals surface area contributed by atoms with Crippen LogP contribution in [0.25, 0.3) is 0 Å². The Labute approximate surface area is 115 Å². The molecule has 111 valence electrons. The number of hydrogen-bond acceptors (Lipinski definition) is 3. The van der Waals surface area contributed by atoms with E-state index in [9.17, 15) is 14.7 Å². The second-order valence-electron chi connectivity index (χ2n) is 5.52. The first kappa shape index (κ1) is 17.9. The molecule has 0 aliphatic rings. The lowest BCUT2D eigenvalue weighted by Gasteiger charge is -2.21. The van der Waals surface area contributed by atoms with E-state index in [-0.39, 0.29) is 11.8 Å². The molecule has 0 bridgehead atoms. The summed E-state index contributed by atoms with van der Waals surface area (Å²) in [4.78, 5) is 22.8. The Morgan fingerprint density at radius 1 is 1.26 bits per heavy atom. The molecule has 3 atom stereocenters. The molecule has 2 amide bonds. The predicted octanol–water partition coefficient (Wildman–Crippen LogP) is 0.861. The van der Waals surface area contributed by atoms with Crippen LogP contribution in [0.2, 0.25) is 0 Å². The van der Waals surface area contributed by atoms with E-state index in [0.29, 0.717) is 18.8 Å². The van der Waals surface area contributed by atoms with E-state index in [1.807, 2.05) is 6.42 Å². The fourth-order valence-electron chi connectivity index (χ4n) is 1.87. The third-order valence-electron chi connectivity index (χ3n) is 3.15. The summed E-state index contributed by atoms with van der Waals surface area (Å²) in [5.74, 6) is -0.886. The number of aliphatic hydroxyl groups excluding tert-OH is 1. The van der Waals surface area contributed by atoms with Crippen molar-refractivity contribution in [3.63, 3.8) is 0 Å². The summed E-state index contributed by atoms with van der Waals surface area (Å²) in [7, 11) is 1.55. The summed E-state index contributed by atoms with van der Waals surface area (Å²) in [6.45, 7) is 5.83. The first-order chi connectivity index (χ1) is 8.77. The molecule has 5 heteroatoms. The van der Waals surface area contributed by atoms with Crippen molar-refractivity contribution >= 4 is 11.8 Å². The minimum absolute atomic E-state index is 0.162. The average Bonchev–Trinajstić information content (AvgIpc) is 2.34. The summed E-state index contributed by atoms with van der Waals surface area (Å²) in [6, 6.07) is 0. The van der Waals surface area contributed by atoms with Crippen molar-refractivity contribution in [2.24, 2.45) is 23.5 Å². The Bertz CT molecular complexity index is 292. The standard InChI is InChI=1S/C14H27N2O3/c1-9(2)5-6-12(17)8-11(14(19)16-4)7-10(3)13(15)18/h6,9-12,17H,5,7-8H2,1-4H3,(H2,15,18)(H,16,19)/t10?,11-,12+/m1/s1. The van der Waals surface area contributed by atoms with Crippen molar-refractivity contribution < 1.29 is 14.7 Å². The van der Waals surface area contributed by atoms with Gasteiger partial charge in [-0.05, 0) is 31.6 Å². The van der Waals surface area contributed by atoms with Crippen LogP contribution in [0.5, 0.6) is 0 Å². The predicted molar refractivity (Wildman–Crippen MR) is 74.9 cm³/mol. The van der Waals surface area contributed by atoms with E-state index < -0.39 is 17.9 Å². The van der Waals surface area contributed by atoms with E-state index in [1.165, 1.54) is 0 Å². The second-order valence-corrected chi connectivity index (χ2v) is 5.52. The molecule has 0 aliphatic heterocycles. The number of aliphatic hydroxyl groups is 1. The highest BCUT2D eigenvalue weighted by Gasteiger charge is 2.25. The Morgan fingerprint density at radius 3 is 2.26 bits per heavy atom. The fourth-order valence-corrected chi connectivity index (χ4v) is 1.87. The molecule has 0 heterocycles. The van der Waals surface area contributed by atoms with Crippen molar-refractivity contribution in [3.8, 4) is 0 Å². The Morgan fingerprint density at radius 2 is 1.84 bits per heavy atom. The van der Waals surface area contributed by atoms with Crippen molar-refractivity contribution in [3.05, 3.63) is 6.42 Å². The van der Waals surface area contributed by atoms with Crippen LogP contribution in [0.15, 0.2) is 0 Å². The smallest absolute Gasteiger partial charge is 0.222 e. The van der Waals surface area contributed by atoms with E-state index in [1.54, 1.807) is 14.0 Å². The van der Waals surface area contributed by atoms with E-state index in [4.69, 9.17) is 5.73 Å². The first-order valence-corrected chi connectivity index (χ1v) is 6.80. The maximum atomic E-state index is 11.8. The average molecular weight is 271 g/mol. The fraction of sp³-hybridized carbons (Fsp3) is 0.786. The van der Waals surface area contributed by atoms with Gasteiger partial charge in [-0.1, -0.05) is 20.8 Å². The lowest BCUT2D eigenvalue weighted by atomic mass is 9.88. The highest BCUT2D eigenvalue weighted by Crippen LogP contribution is 2.20. The zero-order valence-electron chi connectivity index (χ0n) is 12.3. The van der Waals surface area contributed by atoms with Gasteiger partial charge in [0, 0.05) is 18.9 Å². The summed E-state index contributed by atoms with van der Waals surface area (Å²) >= 11 is 0. The van der Waals surface area contributed by atoms with Crippen LogP contribution < -0.4 is 11.1 Å². The minimum atomic E-state index is -0.634.